The zero-order valence-corrected chi connectivity index (χ0v) is 19.2. The topological polar surface area (TPSA) is 75.2 Å². The van der Waals surface area contributed by atoms with Crippen LogP contribution >= 0.6 is 0 Å². The average Bonchev–Trinajstić information content (AvgIpc) is 2.76. The molecule has 2 aromatic rings. The number of aryl methyl sites for hydroxylation is 3. The van der Waals surface area contributed by atoms with Crippen LogP contribution in [0.1, 0.15) is 22.3 Å². The molecule has 2 aromatic carbocycles. The second-order valence-corrected chi connectivity index (χ2v) is 7.62. The van der Waals surface area contributed by atoms with Crippen LogP contribution in [0.5, 0.6) is 11.5 Å². The van der Waals surface area contributed by atoms with Crippen LogP contribution in [-0.4, -0.2) is 51.1 Å². The van der Waals surface area contributed by atoms with E-state index in [0.29, 0.717) is 17.3 Å². The summed E-state index contributed by atoms with van der Waals surface area (Å²) in [5.41, 5.74) is 5.93. The first-order valence-electron chi connectivity index (χ1n) is 10.1. The number of rotatable bonds is 5. The predicted octanol–water partition coefficient (Wildman–Crippen LogP) is 3.31. The number of amidine groups is 1. The number of likely N-dealkylation sites (N-methyl/N-ethyl adjacent to an activating group) is 2. The summed E-state index contributed by atoms with van der Waals surface area (Å²) in [4.78, 5) is 19.4. The van der Waals surface area contributed by atoms with Crippen LogP contribution in [0.2, 0.25) is 0 Å². The van der Waals surface area contributed by atoms with E-state index in [1.165, 1.54) is 5.56 Å². The first kappa shape index (κ1) is 22.2. The van der Waals surface area contributed by atoms with Crippen molar-refractivity contribution in [3.63, 3.8) is 0 Å². The van der Waals surface area contributed by atoms with Gasteiger partial charge in [-0.1, -0.05) is 17.7 Å². The van der Waals surface area contributed by atoms with Gasteiger partial charge in [0.15, 0.2) is 17.7 Å². The number of ether oxygens (including phenoxy) is 2. The Bertz CT molecular complexity index is 1040. The van der Waals surface area contributed by atoms with Crippen molar-refractivity contribution in [2.24, 2.45) is 4.99 Å². The number of methoxy groups -OCH3 is 2. The third-order valence-corrected chi connectivity index (χ3v) is 5.37. The summed E-state index contributed by atoms with van der Waals surface area (Å²) >= 11 is 0. The van der Waals surface area contributed by atoms with Gasteiger partial charge in [-0.2, -0.15) is 0 Å². The molecular weight excluding hydrogens is 392 g/mol. The lowest BCUT2D eigenvalue weighted by molar-refractivity contribution is -0.124. The van der Waals surface area contributed by atoms with Gasteiger partial charge in [-0.25, -0.2) is 4.99 Å². The molecule has 0 fully saturated rings. The van der Waals surface area contributed by atoms with E-state index in [9.17, 15) is 4.79 Å². The van der Waals surface area contributed by atoms with Gasteiger partial charge in [-0.15, -0.1) is 0 Å². The van der Waals surface area contributed by atoms with Crippen molar-refractivity contribution >= 4 is 23.1 Å². The molecule has 3 rings (SSSR count). The minimum Gasteiger partial charge on any atom is -0.493 e. The van der Waals surface area contributed by atoms with Crippen LogP contribution in [0.15, 0.2) is 41.4 Å². The zero-order chi connectivity index (χ0) is 22.7. The molecule has 1 atom stereocenters. The van der Waals surface area contributed by atoms with Crippen LogP contribution in [0.4, 0.5) is 5.69 Å². The molecular formula is C24H30N4O3. The molecule has 1 unspecified atom stereocenters. The van der Waals surface area contributed by atoms with Crippen LogP contribution < -0.4 is 20.1 Å². The van der Waals surface area contributed by atoms with Crippen LogP contribution in [-0.2, 0) is 4.79 Å². The molecule has 0 spiro atoms. The van der Waals surface area contributed by atoms with E-state index in [-0.39, 0.29) is 5.91 Å². The zero-order valence-electron chi connectivity index (χ0n) is 19.2. The third kappa shape index (κ3) is 4.50. The molecule has 31 heavy (non-hydrogen) atoms. The summed E-state index contributed by atoms with van der Waals surface area (Å²) in [5.74, 6) is 1.79. The number of carbonyl (C=O) groups excluding carboxylic acids is 1. The van der Waals surface area contributed by atoms with Gasteiger partial charge >= 0.3 is 0 Å². The second kappa shape index (κ2) is 9.12. The Labute approximate surface area is 183 Å². The number of nitrogens with zero attached hydrogens (tertiary/aromatic N) is 2. The minimum absolute atomic E-state index is 0.154. The summed E-state index contributed by atoms with van der Waals surface area (Å²) < 4.78 is 10.8. The van der Waals surface area contributed by atoms with Gasteiger partial charge in [0.1, 0.15) is 5.84 Å². The highest BCUT2D eigenvalue weighted by molar-refractivity contribution is 6.05. The van der Waals surface area contributed by atoms with Crippen molar-refractivity contribution in [1.29, 1.82) is 0 Å². The maximum atomic E-state index is 12.6. The monoisotopic (exact) mass is 422 g/mol. The standard InChI is InChI=1S/C24H30N4O3/c1-14-10-15(2)22(16(3)11-14)27-21-13-18(26-23(28(21)5)24(29)25-4)17-8-9-19(30-6)20(12-17)31-7/h8-13,23,26H,1-7H3,(H,25,29). The number of hydrogen-bond acceptors (Lipinski definition) is 5. The van der Waals surface area contributed by atoms with Gasteiger partial charge < -0.3 is 25.0 Å². The summed E-state index contributed by atoms with van der Waals surface area (Å²) in [7, 11) is 6.67. The fraction of sp³-hybridized carbons (Fsp3) is 0.333. The SMILES string of the molecule is CNC(=O)C1NC(c2ccc(OC)c(OC)c2)=CC(=Nc2c(C)cc(C)cc2C)N1C. The van der Waals surface area contributed by atoms with Gasteiger partial charge in [0, 0.05) is 31.4 Å². The van der Waals surface area contributed by atoms with Crippen molar-refractivity contribution in [1.82, 2.24) is 15.5 Å². The van der Waals surface area contributed by atoms with Crippen molar-refractivity contribution in [3.8, 4) is 11.5 Å². The Morgan fingerprint density at radius 1 is 1.06 bits per heavy atom. The van der Waals surface area contributed by atoms with Crippen molar-refractivity contribution in [3.05, 3.63) is 58.7 Å². The van der Waals surface area contributed by atoms with Gasteiger partial charge in [-0.3, -0.25) is 4.79 Å². The first-order chi connectivity index (χ1) is 14.8. The molecule has 2 N–H and O–H groups in total. The van der Waals surface area contributed by atoms with E-state index < -0.39 is 6.17 Å². The van der Waals surface area contributed by atoms with E-state index in [2.05, 4.69) is 43.5 Å². The minimum atomic E-state index is -0.608. The highest BCUT2D eigenvalue weighted by atomic mass is 16.5. The molecule has 7 heteroatoms. The van der Waals surface area contributed by atoms with Gasteiger partial charge in [-0.05, 0) is 50.1 Å². The maximum Gasteiger partial charge on any atom is 0.263 e. The Kier molecular flexibility index (Phi) is 6.53. The molecule has 1 heterocycles. The summed E-state index contributed by atoms with van der Waals surface area (Å²) in [6.45, 7) is 6.18. The fourth-order valence-electron chi connectivity index (χ4n) is 3.77. The number of aliphatic imine (C=N–C) groups is 1. The summed E-state index contributed by atoms with van der Waals surface area (Å²) in [6.07, 6.45) is 1.34. The number of carbonyl (C=O) groups is 1. The molecule has 0 saturated carbocycles. The number of benzene rings is 2. The molecule has 0 saturated heterocycles. The van der Waals surface area contributed by atoms with Crippen molar-refractivity contribution in [2.75, 3.05) is 28.3 Å². The van der Waals surface area contributed by atoms with Crippen molar-refractivity contribution in [2.45, 2.75) is 26.9 Å². The average molecular weight is 423 g/mol. The second-order valence-electron chi connectivity index (χ2n) is 7.62. The van der Waals surface area contributed by atoms with E-state index in [1.807, 2.05) is 36.2 Å². The highest BCUT2D eigenvalue weighted by Crippen LogP contribution is 2.32. The normalized spacial score (nSPS) is 17.1. The summed E-state index contributed by atoms with van der Waals surface area (Å²) in [6, 6.07) is 9.87. The molecule has 0 aliphatic carbocycles. The highest BCUT2D eigenvalue weighted by Gasteiger charge is 2.30. The van der Waals surface area contributed by atoms with Crippen LogP contribution in [0, 0.1) is 20.8 Å². The van der Waals surface area contributed by atoms with E-state index in [4.69, 9.17) is 14.5 Å². The number of amides is 1. The first-order valence-corrected chi connectivity index (χ1v) is 10.1. The Morgan fingerprint density at radius 3 is 2.29 bits per heavy atom. The van der Waals surface area contributed by atoms with Crippen LogP contribution in [0.25, 0.3) is 5.70 Å². The maximum absolute atomic E-state index is 12.6. The van der Waals surface area contributed by atoms with Crippen LogP contribution in [0.3, 0.4) is 0 Å². The molecule has 164 valence electrons. The van der Waals surface area contributed by atoms with E-state index >= 15 is 0 Å². The summed E-state index contributed by atoms with van der Waals surface area (Å²) in [5, 5.41) is 6.03. The number of hydrogen-bond donors (Lipinski definition) is 2. The molecule has 7 nitrogen and oxygen atoms in total. The molecule has 0 bridgehead atoms. The lowest BCUT2D eigenvalue weighted by Crippen LogP contribution is -2.56. The van der Waals surface area contributed by atoms with Crippen molar-refractivity contribution < 1.29 is 14.3 Å². The smallest absolute Gasteiger partial charge is 0.263 e. The van der Waals surface area contributed by atoms with E-state index in [0.717, 1.165) is 28.1 Å². The number of nitrogens with one attached hydrogen (secondary N) is 2. The third-order valence-electron chi connectivity index (χ3n) is 5.37. The quantitative estimate of drug-likeness (QED) is 0.773. The Balaban J connectivity index is 2.14. The Hall–Kier alpha value is -3.48. The lowest BCUT2D eigenvalue weighted by Gasteiger charge is -2.35. The van der Waals surface area contributed by atoms with E-state index in [1.54, 1.807) is 21.3 Å². The molecule has 0 aromatic heterocycles. The molecule has 0 radical (unpaired) electrons. The van der Waals surface area contributed by atoms with Gasteiger partial charge in [0.2, 0.25) is 0 Å². The van der Waals surface area contributed by atoms with Gasteiger partial charge in [0.25, 0.3) is 5.91 Å². The lowest BCUT2D eigenvalue weighted by atomic mass is 10.0. The Morgan fingerprint density at radius 2 is 1.71 bits per heavy atom. The molecule has 1 amide bonds. The van der Waals surface area contributed by atoms with Gasteiger partial charge in [0.05, 0.1) is 19.9 Å². The molecule has 1 aliphatic rings. The fourth-order valence-corrected chi connectivity index (χ4v) is 3.77. The largest absolute Gasteiger partial charge is 0.493 e. The molecule has 1 aliphatic heterocycles. The predicted molar refractivity (Wildman–Crippen MR) is 124 cm³/mol.